The van der Waals surface area contributed by atoms with Gasteiger partial charge in [0.15, 0.2) is 5.16 Å². The molecule has 2 heterocycles. The van der Waals surface area contributed by atoms with E-state index in [-0.39, 0.29) is 0 Å². The summed E-state index contributed by atoms with van der Waals surface area (Å²) in [6.45, 7) is 0. The SMILES string of the molecule is N#Cc1cc2ccccc2nc1Sc1ncccn1. The molecule has 0 N–H and O–H groups in total. The fraction of sp³-hybridized carbons (Fsp3) is 0. The van der Waals surface area contributed by atoms with Crippen LogP contribution in [0, 0.1) is 11.3 Å². The molecule has 1 aromatic carbocycles. The Morgan fingerprint density at radius 3 is 2.63 bits per heavy atom. The van der Waals surface area contributed by atoms with Gasteiger partial charge in [0.1, 0.15) is 11.1 Å². The standard InChI is InChI=1S/C14H8N4S/c15-9-11-8-10-4-1-2-5-12(10)18-13(11)19-14-16-6-3-7-17-14/h1-8H. The van der Waals surface area contributed by atoms with Crippen molar-refractivity contribution >= 4 is 22.7 Å². The number of fused-ring (bicyclic) bond motifs is 1. The Kier molecular flexibility index (Phi) is 3.09. The smallest absolute Gasteiger partial charge is 0.193 e. The van der Waals surface area contributed by atoms with Gasteiger partial charge < -0.3 is 0 Å². The highest BCUT2D eigenvalue weighted by molar-refractivity contribution is 7.99. The van der Waals surface area contributed by atoms with Crippen LogP contribution < -0.4 is 0 Å². The third-order valence-electron chi connectivity index (χ3n) is 2.54. The summed E-state index contributed by atoms with van der Waals surface area (Å²) < 4.78 is 0. The molecule has 0 amide bonds. The van der Waals surface area contributed by atoms with Gasteiger partial charge in [-0.25, -0.2) is 15.0 Å². The van der Waals surface area contributed by atoms with E-state index in [1.807, 2.05) is 30.3 Å². The maximum Gasteiger partial charge on any atom is 0.193 e. The zero-order valence-corrected chi connectivity index (χ0v) is 10.6. The minimum absolute atomic E-state index is 0.538. The van der Waals surface area contributed by atoms with Crippen molar-refractivity contribution < 1.29 is 0 Å². The summed E-state index contributed by atoms with van der Waals surface area (Å²) >= 11 is 1.30. The molecule has 0 aliphatic carbocycles. The van der Waals surface area contributed by atoms with Gasteiger partial charge >= 0.3 is 0 Å². The molecule has 4 nitrogen and oxygen atoms in total. The number of hydrogen-bond donors (Lipinski definition) is 0. The van der Waals surface area contributed by atoms with Crippen LogP contribution in [0.1, 0.15) is 5.56 Å². The molecule has 3 aromatic rings. The highest BCUT2D eigenvalue weighted by Crippen LogP contribution is 2.28. The topological polar surface area (TPSA) is 62.5 Å². The number of rotatable bonds is 2. The lowest BCUT2D eigenvalue weighted by atomic mass is 10.2. The summed E-state index contributed by atoms with van der Waals surface area (Å²) in [4.78, 5) is 12.8. The normalized spacial score (nSPS) is 10.3. The molecule has 0 spiro atoms. The van der Waals surface area contributed by atoms with E-state index in [1.54, 1.807) is 18.5 Å². The number of para-hydroxylation sites is 1. The maximum atomic E-state index is 9.21. The first-order valence-electron chi connectivity index (χ1n) is 5.61. The molecule has 0 saturated carbocycles. The minimum atomic E-state index is 0.538. The van der Waals surface area contributed by atoms with Gasteiger partial charge in [-0.05, 0) is 30.0 Å². The molecule has 2 aromatic heterocycles. The average molecular weight is 264 g/mol. The van der Waals surface area contributed by atoms with Crippen molar-refractivity contribution in [1.82, 2.24) is 15.0 Å². The lowest BCUT2D eigenvalue weighted by Crippen LogP contribution is -1.91. The van der Waals surface area contributed by atoms with Gasteiger partial charge in [0.05, 0.1) is 11.1 Å². The van der Waals surface area contributed by atoms with Gasteiger partial charge in [-0.2, -0.15) is 5.26 Å². The van der Waals surface area contributed by atoms with E-state index >= 15 is 0 Å². The maximum absolute atomic E-state index is 9.21. The van der Waals surface area contributed by atoms with Gasteiger partial charge in [-0.15, -0.1) is 0 Å². The van der Waals surface area contributed by atoms with Crippen LogP contribution in [0.2, 0.25) is 0 Å². The van der Waals surface area contributed by atoms with Gasteiger partial charge in [0, 0.05) is 17.8 Å². The third-order valence-corrected chi connectivity index (χ3v) is 3.44. The molecule has 90 valence electrons. The van der Waals surface area contributed by atoms with Gasteiger partial charge in [0.2, 0.25) is 0 Å². The second-order valence-corrected chi connectivity index (χ2v) is 4.73. The molecule has 0 aliphatic rings. The number of benzene rings is 1. The minimum Gasteiger partial charge on any atom is -0.240 e. The van der Waals surface area contributed by atoms with Crippen molar-refractivity contribution in [2.45, 2.75) is 10.2 Å². The molecular weight excluding hydrogens is 256 g/mol. The van der Waals surface area contributed by atoms with Crippen LogP contribution >= 0.6 is 11.8 Å². The van der Waals surface area contributed by atoms with Crippen LogP contribution in [0.15, 0.2) is 59.0 Å². The first-order valence-corrected chi connectivity index (χ1v) is 6.43. The second-order valence-electron chi connectivity index (χ2n) is 3.78. The molecule has 0 unspecified atom stereocenters. The summed E-state index contributed by atoms with van der Waals surface area (Å²) in [6.07, 6.45) is 3.34. The predicted molar refractivity (Wildman–Crippen MR) is 72.6 cm³/mol. The van der Waals surface area contributed by atoms with E-state index in [4.69, 9.17) is 0 Å². The van der Waals surface area contributed by atoms with E-state index < -0.39 is 0 Å². The summed E-state index contributed by atoms with van der Waals surface area (Å²) in [6, 6.07) is 13.5. The van der Waals surface area contributed by atoms with Crippen molar-refractivity contribution in [2.24, 2.45) is 0 Å². The lowest BCUT2D eigenvalue weighted by molar-refractivity contribution is 0.961. The molecule has 0 saturated heterocycles. The van der Waals surface area contributed by atoms with E-state index in [1.165, 1.54) is 11.8 Å². The second kappa shape index (κ2) is 5.04. The monoisotopic (exact) mass is 264 g/mol. The van der Waals surface area contributed by atoms with Crippen LogP contribution in [-0.2, 0) is 0 Å². The molecule has 0 bridgehead atoms. The third kappa shape index (κ3) is 2.39. The van der Waals surface area contributed by atoms with Crippen molar-refractivity contribution in [3.8, 4) is 6.07 Å². The Balaban J connectivity index is 2.10. The van der Waals surface area contributed by atoms with E-state index in [0.717, 1.165) is 10.9 Å². The first-order chi connectivity index (χ1) is 9.36. The van der Waals surface area contributed by atoms with Crippen LogP contribution in [0.3, 0.4) is 0 Å². The Bertz CT molecular complexity index is 765. The Morgan fingerprint density at radius 2 is 1.84 bits per heavy atom. The fourth-order valence-corrected chi connectivity index (χ4v) is 2.44. The van der Waals surface area contributed by atoms with Gasteiger partial charge in [-0.1, -0.05) is 18.2 Å². The molecule has 0 aliphatic heterocycles. The summed E-state index contributed by atoms with van der Waals surface area (Å²) in [7, 11) is 0. The van der Waals surface area contributed by atoms with Crippen molar-refractivity contribution in [1.29, 1.82) is 5.26 Å². The van der Waals surface area contributed by atoms with E-state index in [2.05, 4.69) is 21.0 Å². The molecule has 0 atom stereocenters. The van der Waals surface area contributed by atoms with Crippen molar-refractivity contribution in [2.75, 3.05) is 0 Å². The highest BCUT2D eigenvalue weighted by Gasteiger charge is 2.09. The Labute approximate surface area is 114 Å². The fourth-order valence-electron chi connectivity index (χ4n) is 1.68. The summed E-state index contributed by atoms with van der Waals surface area (Å²) in [5.41, 5.74) is 1.40. The van der Waals surface area contributed by atoms with Crippen LogP contribution in [0.25, 0.3) is 10.9 Å². The number of pyridine rings is 1. The average Bonchev–Trinajstić information content (AvgIpc) is 2.47. The Hall–Kier alpha value is -2.45. The largest absolute Gasteiger partial charge is 0.240 e. The van der Waals surface area contributed by atoms with Crippen LogP contribution in [0.5, 0.6) is 0 Å². The zero-order chi connectivity index (χ0) is 13.1. The zero-order valence-electron chi connectivity index (χ0n) is 9.82. The quantitative estimate of drug-likeness (QED) is 0.666. The number of nitrogens with zero attached hydrogens (tertiary/aromatic N) is 4. The molecule has 0 radical (unpaired) electrons. The molecule has 3 rings (SSSR count). The lowest BCUT2D eigenvalue weighted by Gasteiger charge is -2.04. The van der Waals surface area contributed by atoms with Crippen molar-refractivity contribution in [3.63, 3.8) is 0 Å². The van der Waals surface area contributed by atoms with Crippen LogP contribution in [0.4, 0.5) is 0 Å². The van der Waals surface area contributed by atoms with Gasteiger partial charge in [-0.3, -0.25) is 0 Å². The highest BCUT2D eigenvalue weighted by atomic mass is 32.2. The first kappa shape index (κ1) is 11.6. The summed E-state index contributed by atoms with van der Waals surface area (Å²) in [5.74, 6) is 0. The molecule has 19 heavy (non-hydrogen) atoms. The summed E-state index contributed by atoms with van der Waals surface area (Å²) in [5, 5.41) is 11.4. The molecule has 5 heteroatoms. The van der Waals surface area contributed by atoms with E-state index in [9.17, 15) is 5.26 Å². The number of nitriles is 1. The number of hydrogen-bond acceptors (Lipinski definition) is 5. The predicted octanol–water partition coefficient (Wildman–Crippen LogP) is 3.05. The number of aromatic nitrogens is 3. The van der Waals surface area contributed by atoms with Crippen molar-refractivity contribution in [3.05, 3.63) is 54.4 Å². The van der Waals surface area contributed by atoms with E-state index in [0.29, 0.717) is 15.7 Å². The van der Waals surface area contributed by atoms with Gasteiger partial charge in [0.25, 0.3) is 0 Å². The van der Waals surface area contributed by atoms with Crippen LogP contribution in [-0.4, -0.2) is 15.0 Å². The molecular formula is C14H8N4S. The molecule has 0 fully saturated rings. The Morgan fingerprint density at radius 1 is 1.05 bits per heavy atom.